The smallest absolute Gasteiger partial charge is 0.282 e. The van der Waals surface area contributed by atoms with Crippen molar-refractivity contribution in [3.8, 4) is 0 Å². The van der Waals surface area contributed by atoms with Crippen molar-refractivity contribution in [2.45, 2.75) is 33.2 Å². The van der Waals surface area contributed by atoms with Crippen LogP contribution in [0.3, 0.4) is 0 Å². The third kappa shape index (κ3) is 4.03. The molecule has 0 saturated heterocycles. The number of nitrogens with zero attached hydrogens (tertiary/aromatic N) is 1. The summed E-state index contributed by atoms with van der Waals surface area (Å²) in [7, 11) is 0. The van der Waals surface area contributed by atoms with Gasteiger partial charge in [-0.1, -0.05) is 26.0 Å². The van der Waals surface area contributed by atoms with Crippen LogP contribution in [0.1, 0.15) is 36.2 Å². The van der Waals surface area contributed by atoms with Crippen LogP contribution in [0.15, 0.2) is 18.2 Å². The monoisotopic (exact) mass is 280 g/mol. The molecule has 1 unspecified atom stereocenters. The molecule has 2 N–H and O–H groups in total. The highest BCUT2D eigenvalue weighted by molar-refractivity contribution is 5.99. The number of carbonyl (C=O) groups excluding carboxylic acids is 1. The Hall–Kier alpha value is -1.95. The van der Waals surface area contributed by atoms with Crippen LogP contribution in [-0.4, -0.2) is 28.6 Å². The lowest BCUT2D eigenvalue weighted by Gasteiger charge is -2.18. The molecular weight excluding hydrogens is 260 g/mol. The quantitative estimate of drug-likeness (QED) is 0.616. The summed E-state index contributed by atoms with van der Waals surface area (Å²) in [5.41, 5.74) is 0.376. The van der Waals surface area contributed by atoms with Gasteiger partial charge in [-0.15, -0.1) is 0 Å². The highest BCUT2D eigenvalue weighted by atomic mass is 16.6. The topological polar surface area (TPSA) is 92.5 Å². The van der Waals surface area contributed by atoms with Crippen LogP contribution in [0.5, 0.6) is 0 Å². The summed E-state index contributed by atoms with van der Waals surface area (Å²) in [5.74, 6) is -0.214. The van der Waals surface area contributed by atoms with Crippen LogP contribution in [0.2, 0.25) is 0 Å². The number of aliphatic hydroxyl groups is 1. The van der Waals surface area contributed by atoms with E-state index >= 15 is 0 Å². The molecule has 6 heteroatoms. The fourth-order valence-electron chi connectivity index (χ4n) is 2.11. The van der Waals surface area contributed by atoms with Gasteiger partial charge < -0.3 is 10.4 Å². The first-order valence-electron chi connectivity index (χ1n) is 6.52. The maximum Gasteiger partial charge on any atom is 0.282 e. The molecule has 0 aliphatic heterocycles. The van der Waals surface area contributed by atoms with Crippen LogP contribution in [0.4, 0.5) is 5.69 Å². The summed E-state index contributed by atoms with van der Waals surface area (Å²) in [4.78, 5) is 22.6. The molecule has 0 spiro atoms. The Balaban J connectivity index is 3.00. The van der Waals surface area contributed by atoms with Crippen LogP contribution in [0, 0.1) is 23.0 Å². The largest absolute Gasteiger partial charge is 0.394 e. The van der Waals surface area contributed by atoms with E-state index in [0.29, 0.717) is 17.9 Å². The second kappa shape index (κ2) is 7.00. The first-order chi connectivity index (χ1) is 9.36. The number of amides is 1. The first kappa shape index (κ1) is 16.1. The van der Waals surface area contributed by atoms with Crippen molar-refractivity contribution < 1.29 is 14.8 Å². The highest BCUT2D eigenvalue weighted by Gasteiger charge is 2.24. The molecule has 0 saturated carbocycles. The summed E-state index contributed by atoms with van der Waals surface area (Å²) in [6.07, 6.45) is 0.613. The van der Waals surface area contributed by atoms with Crippen LogP contribution in [-0.2, 0) is 0 Å². The fraction of sp³-hybridized carbons (Fsp3) is 0.500. The number of hydrogen-bond acceptors (Lipinski definition) is 4. The minimum Gasteiger partial charge on any atom is -0.394 e. The lowest BCUT2D eigenvalue weighted by atomic mass is 10.0. The normalized spacial score (nSPS) is 12.2. The van der Waals surface area contributed by atoms with Gasteiger partial charge in [0.1, 0.15) is 5.56 Å². The number of rotatable bonds is 6. The van der Waals surface area contributed by atoms with Gasteiger partial charge in [0, 0.05) is 6.07 Å². The third-order valence-electron chi connectivity index (χ3n) is 2.99. The Labute approximate surface area is 118 Å². The van der Waals surface area contributed by atoms with Crippen molar-refractivity contribution in [2.75, 3.05) is 6.61 Å². The Morgan fingerprint density at radius 3 is 2.60 bits per heavy atom. The summed E-state index contributed by atoms with van der Waals surface area (Å²) >= 11 is 0. The average molecular weight is 280 g/mol. The SMILES string of the molecule is Cc1cccc([N+](=O)[O-])c1C(=O)NC(CO)CC(C)C. The predicted molar refractivity (Wildman–Crippen MR) is 75.6 cm³/mol. The van der Waals surface area contributed by atoms with E-state index in [-0.39, 0.29) is 17.9 Å². The van der Waals surface area contributed by atoms with Gasteiger partial charge in [-0.25, -0.2) is 0 Å². The Bertz CT molecular complexity index is 500. The standard InChI is InChI=1S/C14H20N2O4/c1-9(2)7-11(8-17)15-14(18)13-10(3)5-4-6-12(13)16(19)20/h4-6,9,11,17H,7-8H2,1-3H3,(H,15,18). The van der Waals surface area contributed by atoms with Crippen LogP contribution >= 0.6 is 0 Å². The average Bonchev–Trinajstić information content (AvgIpc) is 2.36. The number of carbonyl (C=O) groups is 1. The van der Waals surface area contributed by atoms with E-state index in [1.165, 1.54) is 6.07 Å². The third-order valence-corrected chi connectivity index (χ3v) is 2.99. The van der Waals surface area contributed by atoms with Gasteiger partial charge in [-0.2, -0.15) is 0 Å². The van der Waals surface area contributed by atoms with Gasteiger partial charge in [-0.3, -0.25) is 14.9 Å². The molecule has 0 fully saturated rings. The molecule has 1 rings (SSSR count). The molecule has 110 valence electrons. The van der Waals surface area contributed by atoms with E-state index < -0.39 is 16.9 Å². The summed E-state index contributed by atoms with van der Waals surface area (Å²) in [6, 6.07) is 4.10. The van der Waals surface area contributed by atoms with E-state index in [2.05, 4.69) is 5.32 Å². The first-order valence-corrected chi connectivity index (χ1v) is 6.52. The molecule has 0 bridgehead atoms. The van der Waals surface area contributed by atoms with E-state index in [0.717, 1.165) is 0 Å². The van der Waals surface area contributed by atoms with Gasteiger partial charge in [0.05, 0.1) is 17.6 Å². The van der Waals surface area contributed by atoms with Gasteiger partial charge in [0.15, 0.2) is 0 Å². The van der Waals surface area contributed by atoms with E-state index in [9.17, 15) is 20.0 Å². The maximum atomic E-state index is 12.2. The lowest BCUT2D eigenvalue weighted by molar-refractivity contribution is -0.385. The maximum absolute atomic E-state index is 12.2. The lowest BCUT2D eigenvalue weighted by Crippen LogP contribution is -2.39. The zero-order valence-corrected chi connectivity index (χ0v) is 11.9. The molecule has 6 nitrogen and oxygen atoms in total. The number of nitrogens with one attached hydrogen (secondary N) is 1. The molecule has 0 aromatic heterocycles. The molecule has 1 atom stereocenters. The minimum absolute atomic E-state index is 0.0553. The van der Waals surface area contributed by atoms with Crippen molar-refractivity contribution in [3.63, 3.8) is 0 Å². The summed E-state index contributed by atoms with van der Waals surface area (Å²) in [5, 5.41) is 22.9. The number of nitro groups is 1. The predicted octanol–water partition coefficient (Wildman–Crippen LogP) is 2.04. The second-order valence-corrected chi connectivity index (χ2v) is 5.21. The summed E-state index contributed by atoms with van der Waals surface area (Å²) in [6.45, 7) is 5.41. The molecule has 1 aromatic carbocycles. The second-order valence-electron chi connectivity index (χ2n) is 5.21. The number of hydrogen-bond donors (Lipinski definition) is 2. The van der Waals surface area contributed by atoms with Crippen molar-refractivity contribution in [1.82, 2.24) is 5.32 Å². The molecular formula is C14H20N2O4. The van der Waals surface area contributed by atoms with Gasteiger partial charge >= 0.3 is 0 Å². The molecule has 0 aliphatic rings. The Morgan fingerprint density at radius 2 is 2.10 bits per heavy atom. The van der Waals surface area contributed by atoms with Gasteiger partial charge in [0.25, 0.3) is 11.6 Å². The highest BCUT2D eigenvalue weighted by Crippen LogP contribution is 2.22. The van der Waals surface area contributed by atoms with Crippen molar-refractivity contribution in [2.24, 2.45) is 5.92 Å². The Kier molecular flexibility index (Phi) is 5.64. The summed E-state index contributed by atoms with van der Waals surface area (Å²) < 4.78 is 0. The van der Waals surface area contributed by atoms with Crippen LogP contribution in [0.25, 0.3) is 0 Å². The number of nitro benzene ring substituents is 1. The van der Waals surface area contributed by atoms with Crippen molar-refractivity contribution >= 4 is 11.6 Å². The molecule has 1 amide bonds. The number of aryl methyl sites for hydroxylation is 1. The van der Waals surface area contributed by atoms with Crippen LogP contribution < -0.4 is 5.32 Å². The fourth-order valence-corrected chi connectivity index (χ4v) is 2.11. The Morgan fingerprint density at radius 1 is 1.45 bits per heavy atom. The van der Waals surface area contributed by atoms with E-state index in [4.69, 9.17) is 0 Å². The zero-order valence-electron chi connectivity index (χ0n) is 11.9. The zero-order chi connectivity index (χ0) is 15.3. The number of aliphatic hydroxyl groups excluding tert-OH is 1. The van der Waals surface area contributed by atoms with Gasteiger partial charge in [0.2, 0.25) is 0 Å². The van der Waals surface area contributed by atoms with Crippen molar-refractivity contribution in [3.05, 3.63) is 39.4 Å². The number of benzene rings is 1. The van der Waals surface area contributed by atoms with Gasteiger partial charge in [-0.05, 0) is 24.8 Å². The molecule has 20 heavy (non-hydrogen) atoms. The molecule has 0 aliphatic carbocycles. The van der Waals surface area contributed by atoms with E-state index in [1.54, 1.807) is 19.1 Å². The molecule has 0 radical (unpaired) electrons. The van der Waals surface area contributed by atoms with E-state index in [1.807, 2.05) is 13.8 Å². The minimum atomic E-state index is -0.571. The van der Waals surface area contributed by atoms with Crippen molar-refractivity contribution in [1.29, 1.82) is 0 Å². The molecule has 0 heterocycles. The molecule has 1 aromatic rings.